The second-order valence-electron chi connectivity index (χ2n) is 9.02. The molecular formula is C29H29FN2O4. The van der Waals surface area contributed by atoms with Crippen LogP contribution < -0.4 is 4.74 Å². The molecule has 0 atom stereocenters. The predicted octanol–water partition coefficient (Wildman–Crippen LogP) is 5.78. The fourth-order valence-corrected chi connectivity index (χ4v) is 4.15. The van der Waals surface area contributed by atoms with Crippen molar-refractivity contribution in [1.82, 2.24) is 9.88 Å². The van der Waals surface area contributed by atoms with Crippen LogP contribution in [0.25, 0.3) is 10.9 Å². The fraction of sp³-hybridized carbons (Fsp3) is 0.241. The summed E-state index contributed by atoms with van der Waals surface area (Å²) in [4.78, 5) is 29.8. The highest BCUT2D eigenvalue weighted by Crippen LogP contribution is 2.25. The highest BCUT2D eigenvalue weighted by atomic mass is 19.1. The normalized spacial score (nSPS) is 11.1. The van der Waals surface area contributed by atoms with Gasteiger partial charge in [0, 0.05) is 35.8 Å². The van der Waals surface area contributed by atoms with Crippen molar-refractivity contribution in [3.8, 4) is 5.75 Å². The van der Waals surface area contributed by atoms with Crippen molar-refractivity contribution < 1.29 is 23.8 Å². The molecule has 0 spiro atoms. The molecule has 6 nitrogen and oxygen atoms in total. The number of rotatable bonds is 10. The van der Waals surface area contributed by atoms with Gasteiger partial charge in [-0.15, -0.1) is 0 Å². The topological polar surface area (TPSA) is 82.6 Å². The number of benzene rings is 3. The van der Waals surface area contributed by atoms with Crippen molar-refractivity contribution in [2.24, 2.45) is 0 Å². The first-order chi connectivity index (χ1) is 17.3. The van der Waals surface area contributed by atoms with Gasteiger partial charge in [-0.1, -0.05) is 56.3 Å². The zero-order valence-corrected chi connectivity index (χ0v) is 20.3. The Bertz CT molecular complexity index is 1380. The molecule has 36 heavy (non-hydrogen) atoms. The van der Waals surface area contributed by atoms with E-state index in [-0.39, 0.29) is 42.1 Å². The van der Waals surface area contributed by atoms with E-state index in [1.807, 2.05) is 44.3 Å². The Kier molecular flexibility index (Phi) is 7.68. The van der Waals surface area contributed by atoms with Crippen LogP contribution in [0.15, 0.2) is 72.9 Å². The molecule has 0 saturated heterocycles. The number of carboxylic acid groups (broad SMARTS) is 1. The van der Waals surface area contributed by atoms with Gasteiger partial charge in [-0.25, -0.2) is 9.18 Å². The summed E-state index contributed by atoms with van der Waals surface area (Å²) in [5.41, 5.74) is 3.33. The Morgan fingerprint density at radius 1 is 1.03 bits per heavy atom. The number of carbonyl (C=O) groups excluding carboxylic acids is 1. The summed E-state index contributed by atoms with van der Waals surface area (Å²) in [5, 5.41) is 10.7. The molecule has 186 valence electrons. The number of para-hydroxylation sites is 1. The Morgan fingerprint density at radius 3 is 2.53 bits per heavy atom. The number of aromatic carboxylic acids is 1. The number of halogens is 1. The van der Waals surface area contributed by atoms with E-state index in [2.05, 4.69) is 4.98 Å². The van der Waals surface area contributed by atoms with Gasteiger partial charge in [0.15, 0.2) is 6.61 Å². The number of nitrogens with one attached hydrogen (secondary N) is 1. The number of carbonyl (C=O) groups is 2. The van der Waals surface area contributed by atoms with Crippen LogP contribution in [0, 0.1) is 5.82 Å². The first kappa shape index (κ1) is 25.0. The zero-order chi connectivity index (χ0) is 25.7. The molecule has 4 rings (SSSR count). The smallest absolute Gasteiger partial charge is 0.339 e. The summed E-state index contributed by atoms with van der Waals surface area (Å²) in [6.07, 6.45) is 2.48. The molecule has 1 heterocycles. The third-order valence-corrected chi connectivity index (χ3v) is 6.25. The first-order valence-corrected chi connectivity index (χ1v) is 11.9. The van der Waals surface area contributed by atoms with Crippen LogP contribution in [-0.4, -0.2) is 40.0 Å². The highest BCUT2D eigenvalue weighted by molar-refractivity contribution is 5.91. The lowest BCUT2D eigenvalue weighted by molar-refractivity contribution is -0.134. The van der Waals surface area contributed by atoms with Crippen LogP contribution in [0.5, 0.6) is 5.75 Å². The van der Waals surface area contributed by atoms with Gasteiger partial charge in [-0.2, -0.15) is 0 Å². The van der Waals surface area contributed by atoms with Gasteiger partial charge in [0.25, 0.3) is 5.91 Å². The minimum atomic E-state index is -1.12. The number of amides is 1. The Labute approximate surface area is 209 Å². The Balaban J connectivity index is 1.52. The van der Waals surface area contributed by atoms with E-state index in [4.69, 9.17) is 4.74 Å². The molecule has 0 aliphatic carbocycles. The summed E-state index contributed by atoms with van der Waals surface area (Å²) in [5.74, 6) is -1.59. The third kappa shape index (κ3) is 5.74. The molecule has 0 saturated carbocycles. The van der Waals surface area contributed by atoms with Crippen molar-refractivity contribution in [1.29, 1.82) is 0 Å². The van der Waals surface area contributed by atoms with Crippen molar-refractivity contribution in [3.05, 3.63) is 101 Å². The molecule has 1 aromatic heterocycles. The van der Waals surface area contributed by atoms with Gasteiger partial charge in [0.2, 0.25) is 0 Å². The van der Waals surface area contributed by atoms with Crippen LogP contribution in [0.2, 0.25) is 0 Å². The van der Waals surface area contributed by atoms with Crippen molar-refractivity contribution >= 4 is 22.8 Å². The number of hydrogen-bond acceptors (Lipinski definition) is 3. The lowest BCUT2D eigenvalue weighted by Crippen LogP contribution is -2.36. The van der Waals surface area contributed by atoms with E-state index >= 15 is 0 Å². The Hall–Kier alpha value is -4.13. The molecule has 0 unspecified atom stereocenters. The quantitative estimate of drug-likeness (QED) is 0.297. The average molecular weight is 489 g/mol. The maximum Gasteiger partial charge on any atom is 0.339 e. The highest BCUT2D eigenvalue weighted by Gasteiger charge is 2.20. The van der Waals surface area contributed by atoms with Crippen LogP contribution >= 0.6 is 0 Å². The molecule has 0 radical (unpaired) electrons. The molecular weight excluding hydrogens is 459 g/mol. The van der Waals surface area contributed by atoms with Crippen molar-refractivity contribution in [3.63, 3.8) is 0 Å². The van der Waals surface area contributed by atoms with Crippen LogP contribution in [0.4, 0.5) is 4.39 Å². The number of hydrogen-bond donors (Lipinski definition) is 2. The van der Waals surface area contributed by atoms with Gasteiger partial charge in [-0.05, 0) is 47.7 Å². The van der Waals surface area contributed by atoms with E-state index in [1.54, 1.807) is 41.3 Å². The molecule has 0 aliphatic heterocycles. The second-order valence-corrected chi connectivity index (χ2v) is 9.02. The maximum absolute atomic E-state index is 14.4. The number of aromatic amines is 1. The van der Waals surface area contributed by atoms with E-state index in [0.29, 0.717) is 18.5 Å². The van der Waals surface area contributed by atoms with Gasteiger partial charge in [0.05, 0.1) is 0 Å². The van der Waals surface area contributed by atoms with Crippen molar-refractivity contribution in [2.45, 2.75) is 32.7 Å². The Morgan fingerprint density at radius 2 is 1.78 bits per heavy atom. The molecule has 7 heteroatoms. The van der Waals surface area contributed by atoms with E-state index in [0.717, 1.165) is 22.0 Å². The SMILES string of the molecule is CC(C)c1ccc(OCC(=O)N(CCc2c[nH]c3ccccc23)Cc2ccccc2F)c(C(=O)O)c1. The monoisotopic (exact) mass is 488 g/mol. The second kappa shape index (κ2) is 11.1. The third-order valence-electron chi connectivity index (χ3n) is 6.25. The lowest BCUT2D eigenvalue weighted by Gasteiger charge is -2.23. The summed E-state index contributed by atoms with van der Waals surface area (Å²) in [6.45, 7) is 4.01. The number of aromatic nitrogens is 1. The molecule has 0 fully saturated rings. The first-order valence-electron chi connectivity index (χ1n) is 11.9. The minimum Gasteiger partial charge on any atom is -0.483 e. The van der Waals surface area contributed by atoms with Crippen molar-refractivity contribution in [2.75, 3.05) is 13.2 Å². The van der Waals surface area contributed by atoms with Crippen LogP contribution in [0.3, 0.4) is 0 Å². The number of carboxylic acids is 1. The predicted molar refractivity (Wildman–Crippen MR) is 137 cm³/mol. The van der Waals surface area contributed by atoms with E-state index < -0.39 is 5.97 Å². The van der Waals surface area contributed by atoms with E-state index in [1.165, 1.54) is 6.07 Å². The molecule has 0 aliphatic rings. The maximum atomic E-state index is 14.4. The van der Waals surface area contributed by atoms with Gasteiger partial charge in [-0.3, -0.25) is 4.79 Å². The van der Waals surface area contributed by atoms with Gasteiger partial charge < -0.3 is 19.7 Å². The largest absolute Gasteiger partial charge is 0.483 e. The van der Waals surface area contributed by atoms with Crippen LogP contribution in [-0.2, 0) is 17.8 Å². The molecule has 1 amide bonds. The average Bonchev–Trinajstić information content (AvgIpc) is 3.29. The number of ether oxygens (including phenoxy) is 1. The molecule has 2 N–H and O–H groups in total. The standard InChI is InChI=1S/C29H29FN2O4/c1-19(2)20-11-12-27(24(15-20)29(34)35)36-18-28(33)32(17-22-7-3-5-9-25(22)30)14-13-21-16-31-26-10-6-4-8-23(21)26/h3-12,15-16,19,31H,13-14,17-18H2,1-2H3,(H,34,35). The lowest BCUT2D eigenvalue weighted by atomic mass is 10.0. The number of nitrogens with zero attached hydrogens (tertiary/aromatic N) is 1. The zero-order valence-electron chi connectivity index (χ0n) is 20.3. The number of fused-ring (bicyclic) bond motifs is 1. The van der Waals surface area contributed by atoms with Crippen LogP contribution in [0.1, 0.15) is 46.8 Å². The molecule has 3 aromatic carbocycles. The summed E-state index contributed by atoms with van der Waals surface area (Å²) in [6, 6.07) is 19.2. The fourth-order valence-electron chi connectivity index (χ4n) is 4.15. The van der Waals surface area contributed by atoms with Gasteiger partial charge >= 0.3 is 5.97 Å². The minimum absolute atomic E-state index is 0.00782. The summed E-state index contributed by atoms with van der Waals surface area (Å²) >= 11 is 0. The number of H-pyrrole nitrogens is 1. The van der Waals surface area contributed by atoms with E-state index in [9.17, 15) is 19.1 Å². The van der Waals surface area contributed by atoms with Gasteiger partial charge in [0.1, 0.15) is 17.1 Å². The molecule has 0 bridgehead atoms. The molecule has 4 aromatic rings. The summed E-state index contributed by atoms with van der Waals surface area (Å²) < 4.78 is 20.1. The summed E-state index contributed by atoms with van der Waals surface area (Å²) in [7, 11) is 0.